The van der Waals surface area contributed by atoms with Crippen LogP contribution < -0.4 is 11.2 Å². The second-order valence-electron chi connectivity index (χ2n) is 5.97. The molecule has 5 heteroatoms. The maximum Gasteiger partial charge on any atom is 0.212 e. The molecule has 0 radical (unpaired) electrons. The van der Waals surface area contributed by atoms with E-state index in [0.717, 1.165) is 16.9 Å². The van der Waals surface area contributed by atoms with E-state index in [1.165, 1.54) is 6.20 Å². The van der Waals surface area contributed by atoms with Gasteiger partial charge in [-0.05, 0) is 56.0 Å². The van der Waals surface area contributed by atoms with Gasteiger partial charge in [-0.1, -0.05) is 30.3 Å². The Morgan fingerprint density at radius 1 is 1.12 bits per heavy atom. The molecule has 0 fully saturated rings. The highest BCUT2D eigenvalue weighted by Gasteiger charge is 2.12. The molecule has 3 aromatic rings. The number of aliphatic imine (C=N–C) groups is 1. The normalized spacial score (nSPS) is 11.8. The number of nitrogens with zero attached hydrogens (tertiary/aromatic N) is 3. The van der Waals surface area contributed by atoms with Crippen LogP contribution in [-0.2, 0) is 0 Å². The van der Waals surface area contributed by atoms with Crippen LogP contribution in [0, 0.1) is 13.8 Å². The van der Waals surface area contributed by atoms with Crippen molar-refractivity contribution < 1.29 is 0 Å². The number of hydrogen-bond acceptors (Lipinski definition) is 4. The summed E-state index contributed by atoms with van der Waals surface area (Å²) in [6.45, 7) is 3.78. The van der Waals surface area contributed by atoms with E-state index in [2.05, 4.69) is 10.1 Å². The van der Waals surface area contributed by atoms with Gasteiger partial charge >= 0.3 is 0 Å². The molecule has 0 saturated heterocycles. The number of aryl methyl sites for hydroxylation is 2. The summed E-state index contributed by atoms with van der Waals surface area (Å²) in [6.07, 6.45) is 4.69. The van der Waals surface area contributed by atoms with Gasteiger partial charge < -0.3 is 5.73 Å². The van der Waals surface area contributed by atoms with Crippen LogP contribution in [0.5, 0.6) is 0 Å². The highest BCUT2D eigenvalue weighted by molar-refractivity contribution is 6.08. The van der Waals surface area contributed by atoms with Crippen LogP contribution in [0.4, 0.5) is 5.69 Å². The van der Waals surface area contributed by atoms with Gasteiger partial charge in [0.25, 0.3) is 0 Å². The molecule has 0 unspecified atom stereocenters. The minimum absolute atomic E-state index is 0.165. The van der Waals surface area contributed by atoms with Crippen LogP contribution in [0.1, 0.15) is 16.8 Å². The van der Waals surface area contributed by atoms with Crippen molar-refractivity contribution in [2.45, 2.75) is 13.8 Å². The summed E-state index contributed by atoms with van der Waals surface area (Å²) in [5, 5.41) is 4.53. The summed E-state index contributed by atoms with van der Waals surface area (Å²) in [5.74, 6) is 0. The molecule has 26 heavy (non-hydrogen) atoms. The molecule has 2 aromatic carbocycles. The summed E-state index contributed by atoms with van der Waals surface area (Å²) >= 11 is 0. The van der Waals surface area contributed by atoms with Gasteiger partial charge in [-0.15, -0.1) is 0 Å². The molecule has 0 aliphatic rings. The van der Waals surface area contributed by atoms with Crippen LogP contribution in [0.25, 0.3) is 5.69 Å². The maximum atomic E-state index is 12.7. The summed E-state index contributed by atoms with van der Waals surface area (Å²) in [4.78, 5) is 17.2. The van der Waals surface area contributed by atoms with E-state index < -0.39 is 0 Å². The third-order valence-electron chi connectivity index (χ3n) is 3.87. The summed E-state index contributed by atoms with van der Waals surface area (Å²) in [5.41, 5.74) is 9.41. The number of hydrogen-bond donors (Lipinski definition) is 1. The summed E-state index contributed by atoms with van der Waals surface area (Å²) < 4.78 is 1.70. The van der Waals surface area contributed by atoms with E-state index in [9.17, 15) is 4.79 Å². The van der Waals surface area contributed by atoms with Crippen molar-refractivity contribution >= 4 is 11.4 Å². The Morgan fingerprint density at radius 2 is 1.88 bits per heavy atom. The van der Waals surface area contributed by atoms with Gasteiger partial charge in [-0.25, -0.2) is 9.67 Å². The molecule has 1 heterocycles. The van der Waals surface area contributed by atoms with Crippen LogP contribution in [0.3, 0.4) is 0 Å². The van der Waals surface area contributed by atoms with E-state index in [-0.39, 0.29) is 11.1 Å². The van der Waals surface area contributed by atoms with Crippen molar-refractivity contribution in [3.05, 3.63) is 100 Å². The Bertz CT molecular complexity index is 1030. The average Bonchev–Trinajstić information content (AvgIpc) is 2.64. The minimum atomic E-state index is -0.165. The molecule has 0 spiro atoms. The summed E-state index contributed by atoms with van der Waals surface area (Å²) in [7, 11) is 0. The first-order valence-electron chi connectivity index (χ1n) is 8.28. The fourth-order valence-electron chi connectivity index (χ4n) is 2.58. The molecule has 0 aliphatic carbocycles. The SMILES string of the molecule is Cc1cccc(-n2cc(C)c(=O)c(C(C=CN)=Nc3ccccc3)n2)c1. The highest BCUT2D eigenvalue weighted by atomic mass is 16.1. The number of para-hydroxylation sites is 1. The van der Waals surface area contributed by atoms with Crippen molar-refractivity contribution in [3.63, 3.8) is 0 Å². The lowest BCUT2D eigenvalue weighted by Gasteiger charge is -2.10. The Hall–Kier alpha value is -3.47. The third kappa shape index (κ3) is 3.78. The van der Waals surface area contributed by atoms with E-state index in [1.54, 1.807) is 23.9 Å². The Morgan fingerprint density at radius 3 is 2.58 bits per heavy atom. The largest absolute Gasteiger partial charge is 0.405 e. The predicted molar refractivity (Wildman–Crippen MR) is 105 cm³/mol. The van der Waals surface area contributed by atoms with Crippen LogP contribution in [0.2, 0.25) is 0 Å². The molecule has 130 valence electrons. The fourth-order valence-corrected chi connectivity index (χ4v) is 2.58. The van der Waals surface area contributed by atoms with Gasteiger partial charge in [0.1, 0.15) is 0 Å². The van der Waals surface area contributed by atoms with Gasteiger partial charge in [0, 0.05) is 11.8 Å². The van der Waals surface area contributed by atoms with E-state index in [0.29, 0.717) is 11.3 Å². The van der Waals surface area contributed by atoms with Crippen molar-refractivity contribution in [1.29, 1.82) is 0 Å². The molecule has 0 saturated carbocycles. The molecule has 5 nitrogen and oxygen atoms in total. The van der Waals surface area contributed by atoms with Crippen LogP contribution in [-0.4, -0.2) is 15.5 Å². The molecule has 2 N–H and O–H groups in total. The molecule has 3 rings (SSSR count). The van der Waals surface area contributed by atoms with Crippen molar-refractivity contribution in [3.8, 4) is 5.69 Å². The topological polar surface area (TPSA) is 73.3 Å². The summed E-state index contributed by atoms with van der Waals surface area (Å²) in [6, 6.07) is 17.3. The first-order valence-corrected chi connectivity index (χ1v) is 8.28. The Balaban J connectivity index is 2.19. The van der Waals surface area contributed by atoms with Gasteiger partial charge in [0.05, 0.1) is 17.1 Å². The molecule has 0 amide bonds. The maximum absolute atomic E-state index is 12.7. The van der Waals surface area contributed by atoms with E-state index in [1.807, 2.05) is 61.5 Å². The number of rotatable bonds is 4. The van der Waals surface area contributed by atoms with Crippen LogP contribution >= 0.6 is 0 Å². The number of benzene rings is 2. The van der Waals surface area contributed by atoms with E-state index >= 15 is 0 Å². The number of nitrogens with two attached hydrogens (primary N) is 1. The molecule has 0 bridgehead atoms. The van der Waals surface area contributed by atoms with Gasteiger partial charge in [0.15, 0.2) is 5.69 Å². The predicted octanol–water partition coefficient (Wildman–Crippen LogP) is 3.44. The number of aromatic nitrogens is 2. The standard InChI is InChI=1S/C21H20N4O/c1-15-7-6-10-18(13-15)25-14-16(2)21(26)20(24-25)19(11-12-22)23-17-8-4-3-5-9-17/h3-14H,22H2,1-2H3. The van der Waals surface area contributed by atoms with Crippen molar-refractivity contribution in [2.75, 3.05) is 0 Å². The lowest BCUT2D eigenvalue weighted by Crippen LogP contribution is -2.23. The zero-order valence-corrected chi connectivity index (χ0v) is 14.8. The molecule has 0 atom stereocenters. The fraction of sp³-hybridized carbons (Fsp3) is 0.0952. The van der Waals surface area contributed by atoms with E-state index in [4.69, 9.17) is 5.73 Å². The molecular weight excluding hydrogens is 324 g/mol. The number of allylic oxidation sites excluding steroid dienone is 1. The Labute approximate surface area is 152 Å². The third-order valence-corrected chi connectivity index (χ3v) is 3.87. The second kappa shape index (κ2) is 7.61. The zero-order valence-electron chi connectivity index (χ0n) is 14.8. The lowest BCUT2D eigenvalue weighted by atomic mass is 10.1. The average molecular weight is 344 g/mol. The van der Waals surface area contributed by atoms with Crippen molar-refractivity contribution in [1.82, 2.24) is 9.78 Å². The first-order chi connectivity index (χ1) is 12.6. The van der Waals surface area contributed by atoms with Crippen LogP contribution in [0.15, 0.2) is 82.9 Å². The highest BCUT2D eigenvalue weighted by Crippen LogP contribution is 2.13. The molecule has 1 aromatic heterocycles. The Kier molecular flexibility index (Phi) is 5.08. The first kappa shape index (κ1) is 17.4. The monoisotopic (exact) mass is 344 g/mol. The smallest absolute Gasteiger partial charge is 0.212 e. The molecule has 0 aliphatic heterocycles. The van der Waals surface area contributed by atoms with Gasteiger partial charge in [0.2, 0.25) is 5.43 Å². The lowest BCUT2D eigenvalue weighted by molar-refractivity contribution is 0.818. The van der Waals surface area contributed by atoms with Gasteiger partial charge in [-0.2, -0.15) is 5.10 Å². The minimum Gasteiger partial charge on any atom is -0.405 e. The quantitative estimate of drug-likeness (QED) is 0.737. The van der Waals surface area contributed by atoms with Gasteiger partial charge in [-0.3, -0.25) is 4.79 Å². The molecular formula is C21H20N4O. The zero-order chi connectivity index (χ0) is 18.5. The second-order valence-corrected chi connectivity index (χ2v) is 5.97. The van der Waals surface area contributed by atoms with Crippen molar-refractivity contribution in [2.24, 2.45) is 10.7 Å².